The van der Waals surface area contributed by atoms with E-state index in [0.717, 1.165) is 11.3 Å². The van der Waals surface area contributed by atoms with Gasteiger partial charge in [0.2, 0.25) is 5.95 Å². The molecular weight excluding hydrogens is 255 g/mol. The highest BCUT2D eigenvalue weighted by atomic mass is 35.5. The van der Waals surface area contributed by atoms with Gasteiger partial charge in [-0.15, -0.1) is 0 Å². The van der Waals surface area contributed by atoms with Crippen LogP contribution < -0.4 is 10.6 Å². The van der Waals surface area contributed by atoms with E-state index in [1.807, 2.05) is 0 Å². The number of rotatable bonds is 3. The van der Waals surface area contributed by atoms with Crippen molar-refractivity contribution in [1.29, 1.82) is 0 Å². The second-order valence-electron chi connectivity index (χ2n) is 3.72. The molecule has 2 N–H and O–H groups in total. The molecule has 0 bridgehead atoms. The van der Waals surface area contributed by atoms with Crippen molar-refractivity contribution in [2.24, 2.45) is 0 Å². The Hall–Kier alpha value is -1.88. The summed E-state index contributed by atoms with van der Waals surface area (Å²) in [7, 11) is 1.72. The van der Waals surface area contributed by atoms with E-state index in [4.69, 9.17) is 11.6 Å². The van der Waals surface area contributed by atoms with E-state index in [0.29, 0.717) is 16.8 Å². The lowest BCUT2D eigenvalue weighted by Gasteiger charge is -2.10. The van der Waals surface area contributed by atoms with Crippen LogP contribution in [-0.2, 0) is 0 Å². The largest absolute Gasteiger partial charge is 0.357 e. The summed E-state index contributed by atoms with van der Waals surface area (Å²) in [6.07, 6.45) is 1.50. The van der Waals surface area contributed by atoms with Crippen LogP contribution in [0.5, 0.6) is 0 Å². The molecule has 4 nitrogen and oxygen atoms in total. The van der Waals surface area contributed by atoms with E-state index in [1.165, 1.54) is 18.3 Å². The van der Waals surface area contributed by atoms with Crippen molar-refractivity contribution >= 4 is 29.1 Å². The van der Waals surface area contributed by atoms with Crippen LogP contribution in [0.2, 0.25) is 5.02 Å². The van der Waals surface area contributed by atoms with Crippen LogP contribution in [0.25, 0.3) is 0 Å². The molecule has 0 aliphatic carbocycles. The van der Waals surface area contributed by atoms with Crippen LogP contribution in [0.1, 0.15) is 5.56 Å². The van der Waals surface area contributed by atoms with Crippen molar-refractivity contribution in [3.63, 3.8) is 0 Å². The number of halogens is 2. The molecule has 1 aromatic carbocycles. The van der Waals surface area contributed by atoms with Gasteiger partial charge in [-0.25, -0.2) is 9.37 Å². The van der Waals surface area contributed by atoms with Crippen molar-refractivity contribution in [2.45, 2.75) is 6.92 Å². The zero-order valence-electron chi connectivity index (χ0n) is 9.96. The lowest BCUT2D eigenvalue weighted by molar-refractivity contribution is 0.627. The van der Waals surface area contributed by atoms with Crippen molar-refractivity contribution in [3.05, 3.63) is 40.8 Å². The summed E-state index contributed by atoms with van der Waals surface area (Å²) in [6, 6.07) is 4.46. The van der Waals surface area contributed by atoms with Gasteiger partial charge < -0.3 is 10.6 Å². The standard InChI is InChI=1S/C12H12ClFN4/c1-7-5-8(14)3-4-10(7)17-11-9(13)6-16-12(15-2)18-11/h3-6H,1-2H3,(H2,15,16,17,18). The molecular formula is C12H12ClFN4. The first-order valence-electron chi connectivity index (χ1n) is 5.33. The van der Waals surface area contributed by atoms with E-state index in [1.54, 1.807) is 20.0 Å². The Labute approximate surface area is 109 Å². The van der Waals surface area contributed by atoms with Crippen molar-refractivity contribution in [1.82, 2.24) is 9.97 Å². The highest BCUT2D eigenvalue weighted by molar-refractivity contribution is 6.32. The van der Waals surface area contributed by atoms with E-state index >= 15 is 0 Å². The summed E-state index contributed by atoms with van der Waals surface area (Å²) >= 11 is 6.00. The fourth-order valence-corrected chi connectivity index (χ4v) is 1.61. The predicted molar refractivity (Wildman–Crippen MR) is 71.0 cm³/mol. The summed E-state index contributed by atoms with van der Waals surface area (Å²) in [6.45, 7) is 1.81. The lowest BCUT2D eigenvalue weighted by atomic mass is 10.2. The van der Waals surface area contributed by atoms with Crippen molar-refractivity contribution < 1.29 is 4.39 Å². The van der Waals surface area contributed by atoms with Gasteiger partial charge in [-0.1, -0.05) is 11.6 Å². The summed E-state index contributed by atoms with van der Waals surface area (Å²) < 4.78 is 13.0. The molecule has 0 amide bonds. The molecule has 1 heterocycles. The Morgan fingerprint density at radius 2 is 2.11 bits per heavy atom. The molecule has 2 rings (SSSR count). The Balaban J connectivity index is 2.33. The van der Waals surface area contributed by atoms with Crippen molar-refractivity contribution in [2.75, 3.05) is 17.7 Å². The smallest absolute Gasteiger partial charge is 0.224 e. The fraction of sp³-hybridized carbons (Fsp3) is 0.167. The number of aromatic nitrogens is 2. The van der Waals surface area contributed by atoms with Crippen LogP contribution in [0.3, 0.4) is 0 Å². The second kappa shape index (κ2) is 5.18. The Morgan fingerprint density at radius 1 is 1.33 bits per heavy atom. The van der Waals surface area contributed by atoms with E-state index in [-0.39, 0.29) is 5.82 Å². The molecule has 0 aliphatic heterocycles. The molecule has 1 aromatic heterocycles. The highest BCUT2D eigenvalue weighted by Crippen LogP contribution is 2.25. The maximum absolute atomic E-state index is 13.0. The second-order valence-corrected chi connectivity index (χ2v) is 4.13. The van der Waals surface area contributed by atoms with E-state index in [2.05, 4.69) is 20.6 Å². The molecule has 2 aromatic rings. The number of hydrogen-bond acceptors (Lipinski definition) is 4. The minimum Gasteiger partial charge on any atom is -0.357 e. The zero-order valence-corrected chi connectivity index (χ0v) is 10.7. The van der Waals surface area contributed by atoms with Crippen LogP contribution in [0.4, 0.5) is 21.8 Å². The molecule has 0 unspecified atom stereocenters. The molecule has 0 saturated heterocycles. The Bertz CT molecular complexity index is 574. The maximum atomic E-state index is 13.0. The molecule has 0 radical (unpaired) electrons. The minimum atomic E-state index is -0.275. The first kappa shape index (κ1) is 12.6. The van der Waals surface area contributed by atoms with Gasteiger partial charge in [0.1, 0.15) is 10.8 Å². The average molecular weight is 267 g/mol. The summed E-state index contributed by atoms with van der Waals surface area (Å²) in [5.74, 6) is 0.662. The minimum absolute atomic E-state index is 0.275. The summed E-state index contributed by atoms with van der Waals surface area (Å²) in [5, 5.41) is 6.28. The molecule has 94 valence electrons. The van der Waals surface area contributed by atoms with Crippen LogP contribution in [0, 0.1) is 12.7 Å². The molecule has 0 fully saturated rings. The third kappa shape index (κ3) is 2.68. The van der Waals surface area contributed by atoms with Crippen LogP contribution in [-0.4, -0.2) is 17.0 Å². The average Bonchev–Trinajstić information content (AvgIpc) is 2.35. The quantitative estimate of drug-likeness (QED) is 0.894. The van der Waals surface area contributed by atoms with Gasteiger partial charge in [-0.05, 0) is 30.7 Å². The van der Waals surface area contributed by atoms with Gasteiger partial charge in [0.25, 0.3) is 0 Å². The number of nitrogens with zero attached hydrogens (tertiary/aromatic N) is 2. The molecule has 18 heavy (non-hydrogen) atoms. The maximum Gasteiger partial charge on any atom is 0.224 e. The third-order valence-corrected chi connectivity index (χ3v) is 2.69. The third-order valence-electron chi connectivity index (χ3n) is 2.41. The Kier molecular flexibility index (Phi) is 3.62. The van der Waals surface area contributed by atoms with Crippen LogP contribution >= 0.6 is 11.6 Å². The summed E-state index contributed by atoms with van der Waals surface area (Å²) in [5.41, 5.74) is 1.52. The topological polar surface area (TPSA) is 49.8 Å². The highest BCUT2D eigenvalue weighted by Gasteiger charge is 2.07. The SMILES string of the molecule is CNc1ncc(Cl)c(Nc2ccc(F)cc2C)n1. The molecule has 6 heteroatoms. The van der Waals surface area contributed by atoms with Gasteiger partial charge in [0.15, 0.2) is 5.82 Å². The summed E-state index contributed by atoms with van der Waals surface area (Å²) in [4.78, 5) is 8.17. The van der Waals surface area contributed by atoms with Gasteiger partial charge in [-0.3, -0.25) is 0 Å². The van der Waals surface area contributed by atoms with Crippen LogP contribution in [0.15, 0.2) is 24.4 Å². The Morgan fingerprint density at radius 3 is 2.78 bits per heavy atom. The molecule has 0 atom stereocenters. The predicted octanol–water partition coefficient (Wildman–Crippen LogP) is 3.36. The van der Waals surface area contributed by atoms with E-state index < -0.39 is 0 Å². The number of nitrogens with one attached hydrogen (secondary N) is 2. The van der Waals surface area contributed by atoms with Gasteiger partial charge in [0.05, 0.1) is 6.20 Å². The molecule has 0 aliphatic rings. The fourth-order valence-electron chi connectivity index (χ4n) is 1.47. The van der Waals surface area contributed by atoms with Gasteiger partial charge >= 0.3 is 0 Å². The normalized spacial score (nSPS) is 10.2. The van der Waals surface area contributed by atoms with Gasteiger partial charge in [0, 0.05) is 12.7 Å². The molecule has 0 spiro atoms. The first-order chi connectivity index (χ1) is 8.60. The monoisotopic (exact) mass is 266 g/mol. The number of anilines is 3. The van der Waals surface area contributed by atoms with Gasteiger partial charge in [-0.2, -0.15) is 4.98 Å². The number of hydrogen-bond donors (Lipinski definition) is 2. The first-order valence-corrected chi connectivity index (χ1v) is 5.71. The molecule has 0 saturated carbocycles. The van der Waals surface area contributed by atoms with E-state index in [9.17, 15) is 4.39 Å². The van der Waals surface area contributed by atoms with Crippen molar-refractivity contribution in [3.8, 4) is 0 Å². The number of benzene rings is 1. The lowest BCUT2D eigenvalue weighted by Crippen LogP contribution is -2.02. The number of aryl methyl sites for hydroxylation is 1. The zero-order chi connectivity index (χ0) is 13.1.